The highest BCUT2D eigenvalue weighted by Gasteiger charge is 2.33. The van der Waals surface area contributed by atoms with Gasteiger partial charge in [0, 0.05) is 17.1 Å². The molecule has 0 aliphatic rings. The summed E-state index contributed by atoms with van der Waals surface area (Å²) in [5.41, 5.74) is 0.540. The zero-order valence-electron chi connectivity index (χ0n) is 21.0. The van der Waals surface area contributed by atoms with Gasteiger partial charge in [-0.25, -0.2) is 8.42 Å². The molecule has 0 aromatic heterocycles. The van der Waals surface area contributed by atoms with Crippen molar-refractivity contribution in [3.63, 3.8) is 0 Å². The molecule has 2 rings (SSSR count). The van der Waals surface area contributed by atoms with Crippen LogP contribution in [0.3, 0.4) is 0 Å². The Labute approximate surface area is 213 Å². The number of carbonyl (C=O) groups is 2. The number of hydrogen-bond donors (Lipinski definition) is 1. The lowest BCUT2D eigenvalue weighted by Crippen LogP contribution is -2.55. The molecule has 0 bridgehead atoms. The van der Waals surface area contributed by atoms with Gasteiger partial charge < -0.3 is 15.0 Å². The van der Waals surface area contributed by atoms with E-state index < -0.39 is 34.1 Å². The first-order valence-electron chi connectivity index (χ1n) is 11.2. The number of sulfonamides is 1. The number of nitrogens with zero attached hydrogens (tertiary/aromatic N) is 2. The highest BCUT2D eigenvalue weighted by atomic mass is 35.5. The van der Waals surface area contributed by atoms with E-state index in [2.05, 4.69) is 5.32 Å². The predicted molar refractivity (Wildman–Crippen MR) is 139 cm³/mol. The van der Waals surface area contributed by atoms with Crippen LogP contribution in [0, 0.1) is 0 Å². The van der Waals surface area contributed by atoms with Crippen molar-refractivity contribution in [1.29, 1.82) is 0 Å². The summed E-state index contributed by atoms with van der Waals surface area (Å²) in [6, 6.07) is 12.6. The molecule has 35 heavy (non-hydrogen) atoms. The average Bonchev–Trinajstić information content (AvgIpc) is 2.75. The Morgan fingerprint density at radius 3 is 2.23 bits per heavy atom. The molecule has 2 aromatic rings. The summed E-state index contributed by atoms with van der Waals surface area (Å²) in [4.78, 5) is 28.2. The van der Waals surface area contributed by atoms with Crippen molar-refractivity contribution in [2.75, 3.05) is 24.2 Å². The van der Waals surface area contributed by atoms with Crippen LogP contribution in [-0.4, -0.2) is 56.6 Å². The third-order valence-corrected chi connectivity index (χ3v) is 6.55. The molecule has 0 aliphatic carbocycles. The van der Waals surface area contributed by atoms with Crippen LogP contribution in [0.2, 0.25) is 5.02 Å². The Bertz CT molecular complexity index is 1130. The van der Waals surface area contributed by atoms with Crippen LogP contribution < -0.4 is 14.4 Å². The lowest BCUT2D eigenvalue weighted by Gasteiger charge is -2.34. The molecule has 0 heterocycles. The quantitative estimate of drug-likeness (QED) is 0.510. The van der Waals surface area contributed by atoms with Crippen LogP contribution in [0.15, 0.2) is 48.5 Å². The fourth-order valence-electron chi connectivity index (χ4n) is 3.54. The zero-order valence-corrected chi connectivity index (χ0v) is 22.6. The fourth-order valence-corrected chi connectivity index (χ4v) is 4.57. The van der Waals surface area contributed by atoms with Crippen LogP contribution in [-0.2, 0) is 26.2 Å². The highest BCUT2D eigenvalue weighted by Crippen LogP contribution is 2.23. The molecule has 0 fully saturated rings. The normalized spacial score (nSPS) is 12.5. The highest BCUT2D eigenvalue weighted by molar-refractivity contribution is 7.92. The van der Waals surface area contributed by atoms with Gasteiger partial charge in [-0.3, -0.25) is 13.9 Å². The van der Waals surface area contributed by atoms with Gasteiger partial charge in [0.15, 0.2) is 0 Å². The molecule has 1 unspecified atom stereocenters. The Morgan fingerprint density at radius 1 is 1.11 bits per heavy atom. The van der Waals surface area contributed by atoms with Gasteiger partial charge in [0.25, 0.3) is 0 Å². The summed E-state index contributed by atoms with van der Waals surface area (Å²) in [5.74, 6) is -0.161. The number of carbonyl (C=O) groups excluding carboxylic acids is 2. The summed E-state index contributed by atoms with van der Waals surface area (Å²) < 4.78 is 31.4. The Morgan fingerprint density at radius 2 is 1.74 bits per heavy atom. The van der Waals surface area contributed by atoms with Crippen molar-refractivity contribution in [3.05, 3.63) is 59.1 Å². The van der Waals surface area contributed by atoms with Gasteiger partial charge in [-0.1, -0.05) is 36.7 Å². The van der Waals surface area contributed by atoms with E-state index in [1.165, 1.54) is 11.0 Å². The number of halogens is 1. The van der Waals surface area contributed by atoms with E-state index in [1.807, 2.05) is 27.7 Å². The first-order chi connectivity index (χ1) is 16.2. The number of methoxy groups -OCH3 is 1. The van der Waals surface area contributed by atoms with Crippen LogP contribution in [0.5, 0.6) is 5.75 Å². The van der Waals surface area contributed by atoms with Gasteiger partial charge in [0.2, 0.25) is 21.8 Å². The maximum absolute atomic E-state index is 13.6. The van der Waals surface area contributed by atoms with Gasteiger partial charge in [-0.05, 0) is 63.1 Å². The summed E-state index contributed by atoms with van der Waals surface area (Å²) in [6.45, 7) is 7.03. The van der Waals surface area contributed by atoms with E-state index in [1.54, 1.807) is 49.6 Å². The van der Waals surface area contributed by atoms with Crippen molar-refractivity contribution in [3.8, 4) is 5.75 Å². The van der Waals surface area contributed by atoms with E-state index in [9.17, 15) is 18.0 Å². The zero-order chi connectivity index (χ0) is 26.4. The average molecular weight is 524 g/mol. The molecule has 192 valence electrons. The SMILES string of the molecule is CCC(C(=O)NC(C)(C)C)N(Cc1ccc(OC)cc1)C(=O)CN(c1cccc(Cl)c1)S(C)(=O)=O. The molecule has 0 aliphatic heterocycles. The number of nitrogens with one attached hydrogen (secondary N) is 1. The monoisotopic (exact) mass is 523 g/mol. The first-order valence-corrected chi connectivity index (χ1v) is 13.5. The summed E-state index contributed by atoms with van der Waals surface area (Å²) in [5, 5.41) is 3.27. The topological polar surface area (TPSA) is 96.0 Å². The summed E-state index contributed by atoms with van der Waals surface area (Å²) in [6.07, 6.45) is 1.37. The molecule has 0 spiro atoms. The number of rotatable bonds is 10. The van der Waals surface area contributed by atoms with Crippen LogP contribution in [0.4, 0.5) is 5.69 Å². The second-order valence-electron chi connectivity index (χ2n) is 9.28. The molecule has 10 heteroatoms. The second-order valence-corrected chi connectivity index (χ2v) is 11.6. The standard InChI is InChI=1S/C25H34ClN3O5S/c1-7-22(24(31)27-25(2,3)4)28(16-18-11-13-21(34-5)14-12-18)23(30)17-29(35(6,32)33)20-10-8-9-19(26)15-20/h8-15,22H,7,16-17H2,1-6H3,(H,27,31). The molecule has 0 radical (unpaired) electrons. The molecule has 8 nitrogen and oxygen atoms in total. The fraction of sp³-hybridized carbons (Fsp3) is 0.440. The third kappa shape index (κ3) is 8.43. The maximum atomic E-state index is 13.6. The van der Waals surface area contributed by atoms with E-state index in [0.717, 1.165) is 16.1 Å². The van der Waals surface area contributed by atoms with Crippen molar-refractivity contribution in [2.45, 2.75) is 52.2 Å². The molecule has 2 aromatic carbocycles. The van der Waals surface area contributed by atoms with Gasteiger partial charge in [0.1, 0.15) is 18.3 Å². The summed E-state index contributed by atoms with van der Waals surface area (Å²) in [7, 11) is -2.26. The van der Waals surface area contributed by atoms with Crippen LogP contribution >= 0.6 is 11.6 Å². The van der Waals surface area contributed by atoms with Crippen molar-refractivity contribution < 1.29 is 22.7 Å². The summed E-state index contributed by atoms with van der Waals surface area (Å²) >= 11 is 6.07. The number of ether oxygens (including phenoxy) is 1. The molecular formula is C25H34ClN3O5S. The smallest absolute Gasteiger partial charge is 0.244 e. The molecular weight excluding hydrogens is 490 g/mol. The number of benzene rings is 2. The Hall–Kier alpha value is -2.78. The molecule has 2 amide bonds. The van der Waals surface area contributed by atoms with E-state index in [0.29, 0.717) is 17.2 Å². The van der Waals surface area contributed by atoms with Crippen LogP contribution in [0.1, 0.15) is 39.7 Å². The van der Waals surface area contributed by atoms with Crippen molar-refractivity contribution in [2.24, 2.45) is 0 Å². The molecule has 0 saturated heterocycles. The van der Waals surface area contributed by atoms with E-state index in [4.69, 9.17) is 16.3 Å². The number of anilines is 1. The first kappa shape index (κ1) is 28.5. The molecule has 1 N–H and O–H groups in total. The van der Waals surface area contributed by atoms with Gasteiger partial charge in [-0.15, -0.1) is 0 Å². The Kier molecular flexibility index (Phi) is 9.57. The molecule has 1 atom stereocenters. The number of hydrogen-bond acceptors (Lipinski definition) is 5. The minimum atomic E-state index is -3.82. The molecule has 0 saturated carbocycles. The van der Waals surface area contributed by atoms with Gasteiger partial charge in [0.05, 0.1) is 19.1 Å². The Balaban J connectivity index is 2.45. The van der Waals surface area contributed by atoms with Gasteiger partial charge in [-0.2, -0.15) is 0 Å². The van der Waals surface area contributed by atoms with E-state index in [-0.39, 0.29) is 18.1 Å². The minimum absolute atomic E-state index is 0.117. The lowest BCUT2D eigenvalue weighted by molar-refractivity contribution is -0.141. The van der Waals surface area contributed by atoms with E-state index >= 15 is 0 Å². The van der Waals surface area contributed by atoms with Crippen LogP contribution in [0.25, 0.3) is 0 Å². The largest absolute Gasteiger partial charge is 0.497 e. The van der Waals surface area contributed by atoms with Crippen molar-refractivity contribution >= 4 is 39.1 Å². The van der Waals surface area contributed by atoms with Crippen molar-refractivity contribution in [1.82, 2.24) is 10.2 Å². The van der Waals surface area contributed by atoms with Gasteiger partial charge >= 0.3 is 0 Å². The number of amides is 2. The second kappa shape index (κ2) is 11.8. The third-order valence-electron chi connectivity index (χ3n) is 5.17. The lowest BCUT2D eigenvalue weighted by atomic mass is 10.1. The predicted octanol–water partition coefficient (Wildman–Crippen LogP) is 3.84. The minimum Gasteiger partial charge on any atom is -0.497 e. The maximum Gasteiger partial charge on any atom is 0.244 e.